The molecule has 4 atom stereocenters. The first kappa shape index (κ1) is 30.2. The molecular weight excluding hydrogens is 554 g/mol. The third kappa shape index (κ3) is 6.94. The molecule has 3 heterocycles. The number of allylic oxidation sites excluding steroid dienone is 4. The molecule has 4 rings (SSSR count). The van der Waals surface area contributed by atoms with Crippen molar-refractivity contribution in [2.24, 2.45) is 32.7 Å². The Morgan fingerprint density at radius 2 is 1.80 bits per heavy atom. The van der Waals surface area contributed by atoms with Gasteiger partial charge in [0.1, 0.15) is 0 Å². The summed E-state index contributed by atoms with van der Waals surface area (Å²) in [7, 11) is 0. The minimum Gasteiger partial charge on any atom is -0.305 e. The molecule has 0 spiro atoms. The number of nitrogens with one attached hydrogen (secondary N) is 1. The molecule has 0 saturated carbocycles. The molecule has 1 aromatic carbocycles. The van der Waals surface area contributed by atoms with Crippen molar-refractivity contribution >= 4 is 29.2 Å². The fourth-order valence-electron chi connectivity index (χ4n) is 5.08. The lowest BCUT2D eigenvalue weighted by atomic mass is 9.86. The van der Waals surface area contributed by atoms with E-state index in [4.69, 9.17) is 11.6 Å². The molecule has 1 N–H and O–H groups in total. The summed E-state index contributed by atoms with van der Waals surface area (Å²) in [4.78, 5) is 12.6. The average Bonchev–Trinajstić information content (AvgIpc) is 3.05. The first-order valence-electron chi connectivity index (χ1n) is 13.2. The third-order valence-electron chi connectivity index (χ3n) is 7.65. The van der Waals surface area contributed by atoms with Crippen LogP contribution >= 0.6 is 11.6 Å². The Labute approximate surface area is 234 Å². The summed E-state index contributed by atoms with van der Waals surface area (Å²) in [6.45, 7) is 5.59. The van der Waals surface area contributed by atoms with E-state index in [0.29, 0.717) is 30.5 Å². The van der Waals surface area contributed by atoms with Crippen molar-refractivity contribution < 1.29 is 26.3 Å². The number of benzene rings is 1. The second-order valence-electron chi connectivity index (χ2n) is 10.5. The summed E-state index contributed by atoms with van der Waals surface area (Å²) < 4.78 is 84.2. The second-order valence-corrected chi connectivity index (χ2v) is 11.0. The number of alkyl halides is 6. The van der Waals surface area contributed by atoms with Gasteiger partial charge in [0.25, 0.3) is 0 Å². The van der Waals surface area contributed by atoms with E-state index in [-0.39, 0.29) is 46.3 Å². The van der Waals surface area contributed by atoms with Crippen LogP contribution in [0.4, 0.5) is 26.3 Å². The molecule has 3 aliphatic heterocycles. The van der Waals surface area contributed by atoms with Crippen molar-refractivity contribution in [2.45, 2.75) is 64.8 Å². The van der Waals surface area contributed by atoms with Crippen molar-refractivity contribution in [1.29, 1.82) is 0 Å². The predicted molar refractivity (Wildman–Crippen MR) is 147 cm³/mol. The highest BCUT2D eigenvalue weighted by molar-refractivity contribution is 6.34. The Morgan fingerprint density at radius 3 is 2.45 bits per heavy atom. The molecule has 3 aliphatic rings. The Morgan fingerprint density at radius 1 is 1.05 bits per heavy atom. The number of hydrogen-bond donors (Lipinski definition) is 1. The fourth-order valence-corrected chi connectivity index (χ4v) is 5.30. The van der Waals surface area contributed by atoms with Crippen LogP contribution in [0.15, 0.2) is 68.5 Å². The summed E-state index contributed by atoms with van der Waals surface area (Å²) in [5.74, 6) is 0.152. The van der Waals surface area contributed by atoms with Crippen LogP contribution in [0, 0.1) is 17.8 Å². The molecule has 0 radical (unpaired) electrons. The lowest BCUT2D eigenvalue weighted by Gasteiger charge is -2.24. The van der Waals surface area contributed by atoms with Gasteiger partial charge in [-0.15, -0.1) is 0 Å². The molecule has 4 unspecified atom stereocenters. The average molecular weight is 585 g/mol. The van der Waals surface area contributed by atoms with Gasteiger partial charge in [0.2, 0.25) is 0 Å². The smallest absolute Gasteiger partial charge is 0.305 e. The third-order valence-corrected chi connectivity index (χ3v) is 7.98. The Balaban J connectivity index is 1.77. The Hall–Kier alpha value is -2.72. The van der Waals surface area contributed by atoms with Crippen LogP contribution in [0.3, 0.4) is 0 Å². The topological polar surface area (TPSA) is 49.1 Å². The molecule has 0 aromatic heterocycles. The fraction of sp³-hybridized carbons (Fsp3) is 0.483. The molecular formula is C29H31ClF6N4. The molecule has 0 saturated heterocycles. The van der Waals surface area contributed by atoms with Crippen molar-refractivity contribution in [3.63, 3.8) is 0 Å². The Bertz CT molecular complexity index is 1300. The van der Waals surface area contributed by atoms with Crippen LogP contribution in [-0.2, 0) is 6.18 Å². The zero-order chi connectivity index (χ0) is 29.2. The normalized spacial score (nSPS) is 24.9. The number of hydrogen-bond acceptors (Lipinski definition) is 4. The number of aliphatic imine (C=N–C) groups is 3. The first-order valence-corrected chi connectivity index (χ1v) is 13.6. The van der Waals surface area contributed by atoms with Crippen LogP contribution in [0.2, 0.25) is 5.02 Å². The van der Waals surface area contributed by atoms with Crippen molar-refractivity contribution in [3.8, 4) is 0 Å². The van der Waals surface area contributed by atoms with Gasteiger partial charge in [-0.3, -0.25) is 4.99 Å². The minimum atomic E-state index is -4.84. The number of halogens is 7. The summed E-state index contributed by atoms with van der Waals surface area (Å²) in [6.07, 6.45) is 0.0605. The molecule has 0 amide bonds. The van der Waals surface area contributed by atoms with Crippen LogP contribution in [0.1, 0.15) is 57.6 Å². The van der Waals surface area contributed by atoms with Crippen molar-refractivity contribution in [3.05, 3.63) is 69.7 Å². The molecule has 4 nitrogen and oxygen atoms in total. The lowest BCUT2D eigenvalue weighted by molar-refractivity contribution is -0.137. The summed E-state index contributed by atoms with van der Waals surface area (Å²) in [5.41, 5.74) is -1.82. The van der Waals surface area contributed by atoms with Crippen molar-refractivity contribution in [1.82, 2.24) is 5.32 Å². The molecule has 11 heteroatoms. The maximum absolute atomic E-state index is 14.6. The maximum Gasteiger partial charge on any atom is 0.435 e. The molecule has 216 valence electrons. The summed E-state index contributed by atoms with van der Waals surface area (Å²) in [5, 5.41) is 3.09. The van der Waals surface area contributed by atoms with Gasteiger partial charge in [0, 0.05) is 41.3 Å². The van der Waals surface area contributed by atoms with Crippen molar-refractivity contribution in [2.75, 3.05) is 6.54 Å². The number of rotatable bonds is 5. The van der Waals surface area contributed by atoms with Crippen LogP contribution in [0.5, 0.6) is 0 Å². The summed E-state index contributed by atoms with van der Waals surface area (Å²) >= 11 is 6.28. The quantitative estimate of drug-likeness (QED) is 0.347. The highest BCUT2D eigenvalue weighted by atomic mass is 35.5. The van der Waals surface area contributed by atoms with E-state index in [1.807, 2.05) is 19.2 Å². The van der Waals surface area contributed by atoms with Gasteiger partial charge in [-0.05, 0) is 74.1 Å². The predicted octanol–water partition coefficient (Wildman–Crippen LogP) is 8.34. The van der Waals surface area contributed by atoms with Gasteiger partial charge in [-0.25, -0.2) is 9.98 Å². The lowest BCUT2D eigenvalue weighted by Crippen LogP contribution is -2.35. The van der Waals surface area contributed by atoms with Gasteiger partial charge >= 0.3 is 12.4 Å². The van der Waals surface area contributed by atoms with Gasteiger partial charge in [-0.2, -0.15) is 26.3 Å². The monoisotopic (exact) mass is 584 g/mol. The van der Waals surface area contributed by atoms with E-state index >= 15 is 0 Å². The molecule has 0 aliphatic carbocycles. The van der Waals surface area contributed by atoms with Gasteiger partial charge < -0.3 is 5.32 Å². The van der Waals surface area contributed by atoms with E-state index in [9.17, 15) is 26.3 Å². The number of nitrogens with zero attached hydrogens (tertiary/aromatic N) is 3. The largest absolute Gasteiger partial charge is 0.435 e. The van der Waals surface area contributed by atoms with Gasteiger partial charge in [0.15, 0.2) is 5.71 Å². The summed E-state index contributed by atoms with van der Waals surface area (Å²) in [6, 6.07) is 2.08. The molecule has 0 bridgehead atoms. The molecule has 1 aromatic rings. The zero-order valence-electron chi connectivity index (χ0n) is 22.4. The minimum absolute atomic E-state index is 0.00396. The second kappa shape index (κ2) is 12.0. The zero-order valence-corrected chi connectivity index (χ0v) is 23.1. The highest BCUT2D eigenvalue weighted by Gasteiger charge is 2.42. The maximum atomic E-state index is 14.6. The van der Waals surface area contributed by atoms with Crippen LogP contribution < -0.4 is 5.32 Å². The van der Waals surface area contributed by atoms with Crippen LogP contribution in [-0.4, -0.2) is 36.4 Å². The molecule has 0 fully saturated rings. The first-order chi connectivity index (χ1) is 18.8. The SMILES string of the molecule is CC1CC=C(CCC(C)C2C=CN=CC2)N=C(C(F)(F)F)C2=C1CNC(C)C(c1cc(C(F)(F)F)ccc1Cl)=N2. The highest BCUT2D eigenvalue weighted by Crippen LogP contribution is 2.37. The van der Waals surface area contributed by atoms with Gasteiger partial charge in [-0.1, -0.05) is 37.6 Å². The van der Waals surface area contributed by atoms with Crippen LogP contribution in [0.25, 0.3) is 0 Å². The Kier molecular flexibility index (Phi) is 9.09. The van der Waals surface area contributed by atoms with E-state index < -0.39 is 29.7 Å². The van der Waals surface area contributed by atoms with E-state index in [1.54, 1.807) is 19.2 Å². The molecule has 40 heavy (non-hydrogen) atoms. The van der Waals surface area contributed by atoms with E-state index in [0.717, 1.165) is 24.6 Å². The van der Waals surface area contributed by atoms with Gasteiger partial charge in [0.05, 0.1) is 17.0 Å². The van der Waals surface area contributed by atoms with E-state index in [2.05, 4.69) is 27.2 Å². The standard InChI is InChI=1S/C29H31ClF6N4/c1-16(19-10-12-37-13-11-19)4-7-21-8-5-17(2)23-15-38-18(3)25(40-26(23)27(39-21)29(34,35)36)22-14-20(28(31,32)33)6-9-24(22)30/h6,8-10,12-14,16-19,38H,4-5,7,11,15H2,1-3H3. The van der Waals surface area contributed by atoms with E-state index in [1.165, 1.54) is 0 Å².